The number of likely N-dealkylation sites (tertiary alicyclic amines) is 1. The summed E-state index contributed by atoms with van der Waals surface area (Å²) in [5.41, 5.74) is 1.03. The summed E-state index contributed by atoms with van der Waals surface area (Å²) in [5, 5.41) is 24.0. The van der Waals surface area contributed by atoms with Crippen LogP contribution in [0.5, 0.6) is 17.2 Å². The molecule has 2 N–H and O–H groups in total. The third-order valence-corrected chi connectivity index (χ3v) is 13.8. The summed E-state index contributed by atoms with van der Waals surface area (Å²) in [6, 6.07) is 22.3. The minimum absolute atomic E-state index is 0.101. The number of ether oxygens (including phenoxy) is 4. The first kappa shape index (κ1) is 44.7. The van der Waals surface area contributed by atoms with Crippen LogP contribution in [0, 0.1) is 3.57 Å². The molecule has 20 heteroatoms. The average Bonchev–Trinajstić information content (AvgIpc) is 3.83. The molecule has 0 spiro atoms. The average molecular weight is 976 g/mol. The van der Waals surface area contributed by atoms with E-state index in [2.05, 4.69) is 20.1 Å². The highest BCUT2D eigenvalue weighted by molar-refractivity contribution is 14.1. The van der Waals surface area contributed by atoms with E-state index in [0.29, 0.717) is 31.9 Å². The van der Waals surface area contributed by atoms with Gasteiger partial charge in [0, 0.05) is 23.2 Å². The Balaban J connectivity index is 1.48. The molecule has 0 saturated carbocycles. The van der Waals surface area contributed by atoms with Crippen LogP contribution in [0.4, 0.5) is 4.79 Å². The zero-order valence-corrected chi connectivity index (χ0v) is 37.6. The number of halogens is 1. The van der Waals surface area contributed by atoms with Gasteiger partial charge in [0.05, 0.1) is 52.1 Å². The predicted molar refractivity (Wildman–Crippen MR) is 228 cm³/mol. The molecule has 1 fully saturated rings. The molecule has 1 aliphatic heterocycles. The van der Waals surface area contributed by atoms with Crippen molar-refractivity contribution in [2.75, 3.05) is 34.4 Å². The Labute approximate surface area is 362 Å². The summed E-state index contributed by atoms with van der Waals surface area (Å²) in [6.45, 7) is 4.40. The molecule has 320 valence electrons. The Hall–Kier alpha value is -4.87. The van der Waals surface area contributed by atoms with Gasteiger partial charge >= 0.3 is 6.09 Å². The summed E-state index contributed by atoms with van der Waals surface area (Å²) in [5.74, 6) is 1.63. The molecular weight excluding hydrogens is 930 g/mol. The smallest absolute Gasteiger partial charge is 0.410 e. The van der Waals surface area contributed by atoms with Crippen LogP contribution in [0.1, 0.15) is 37.5 Å². The molecular formula is C40H46IN7O10S2. The normalized spacial score (nSPS) is 15.9. The van der Waals surface area contributed by atoms with Crippen molar-refractivity contribution in [3.63, 3.8) is 0 Å². The minimum atomic E-state index is -4.82. The molecule has 60 heavy (non-hydrogen) atoms. The highest BCUT2D eigenvalue weighted by Crippen LogP contribution is 2.38. The number of hydrogen-bond donors (Lipinski definition) is 2. The van der Waals surface area contributed by atoms with Crippen LogP contribution in [0.3, 0.4) is 0 Å². The fourth-order valence-electron chi connectivity index (χ4n) is 6.39. The van der Waals surface area contributed by atoms with E-state index in [1.54, 1.807) is 88.5 Å². The molecule has 5 aromatic rings. The maximum Gasteiger partial charge on any atom is 0.410 e. The quantitative estimate of drug-likeness (QED) is 0.137. The van der Waals surface area contributed by atoms with Gasteiger partial charge in [-0.25, -0.2) is 26.4 Å². The predicted octanol–water partition coefficient (Wildman–Crippen LogP) is 4.67. The molecule has 0 bridgehead atoms. The van der Waals surface area contributed by atoms with Gasteiger partial charge in [-0.05, 0) is 114 Å². The lowest BCUT2D eigenvalue weighted by atomic mass is 10.2. The molecule has 0 aliphatic carbocycles. The highest BCUT2D eigenvalue weighted by atomic mass is 127. The number of hydrogen-bond acceptors (Lipinski definition) is 13. The van der Waals surface area contributed by atoms with Gasteiger partial charge in [0.15, 0.2) is 0 Å². The monoisotopic (exact) mass is 975 g/mol. The van der Waals surface area contributed by atoms with E-state index in [-0.39, 0.29) is 44.1 Å². The van der Waals surface area contributed by atoms with Crippen LogP contribution in [0.15, 0.2) is 94.7 Å². The fraction of sp³-hybridized carbons (Fsp3) is 0.350. The van der Waals surface area contributed by atoms with Crippen molar-refractivity contribution in [3.8, 4) is 28.6 Å². The number of β-amino-alcohol motifs (C(OH)–C–C–N with tert-alkyl or cyclic N) is 1. The summed E-state index contributed by atoms with van der Waals surface area (Å²) in [6.07, 6.45) is -2.07. The zero-order valence-electron chi connectivity index (χ0n) is 33.8. The lowest BCUT2D eigenvalue weighted by Crippen LogP contribution is -2.44. The summed E-state index contributed by atoms with van der Waals surface area (Å²) >= 11 is 1.92. The van der Waals surface area contributed by atoms with Crippen molar-refractivity contribution in [3.05, 3.63) is 105 Å². The number of nitrogens with zero attached hydrogens (tertiary/aromatic N) is 6. The van der Waals surface area contributed by atoms with Crippen LogP contribution in [0.25, 0.3) is 11.4 Å². The van der Waals surface area contributed by atoms with E-state index in [1.165, 1.54) is 40.4 Å². The molecule has 2 heterocycles. The zero-order chi connectivity index (χ0) is 43.4. The number of aromatic nitrogens is 4. The molecule has 1 amide bonds. The molecule has 0 unspecified atom stereocenters. The van der Waals surface area contributed by atoms with Gasteiger partial charge in [-0.2, -0.15) is 9.10 Å². The largest absolute Gasteiger partial charge is 0.497 e. The van der Waals surface area contributed by atoms with Crippen molar-refractivity contribution in [1.82, 2.24) is 34.1 Å². The standard InChI is InChI=1S/C40H46IN7O10S2/c1-40(2,3)58-39(50)46-24-33(34(49)25-46)44-59(51,52)35-20-19-32(41)36(38-42-45-48(43-38)23-28-11-17-31(57-6)18-12-28)37(35)60(53,54)47(21-26-7-13-29(55-4)14-8-26)22-27-9-15-30(56-5)16-10-27/h7-20,33-34,44,49H,21-25H2,1-6H3/t33-,34+/m0/s1. The molecule has 4 aromatic carbocycles. The van der Waals surface area contributed by atoms with Crippen molar-refractivity contribution < 1.29 is 45.7 Å². The summed E-state index contributed by atoms with van der Waals surface area (Å²) in [4.78, 5) is 14.1. The minimum Gasteiger partial charge on any atom is -0.497 e. The first-order chi connectivity index (χ1) is 28.4. The molecule has 1 saturated heterocycles. The van der Waals surface area contributed by atoms with Gasteiger partial charge < -0.3 is 29.0 Å². The number of nitrogens with one attached hydrogen (secondary N) is 1. The van der Waals surface area contributed by atoms with Crippen molar-refractivity contribution >= 4 is 48.7 Å². The Bertz CT molecular complexity index is 2470. The van der Waals surface area contributed by atoms with Gasteiger partial charge in [0.25, 0.3) is 0 Å². The van der Waals surface area contributed by atoms with Crippen molar-refractivity contribution in [2.45, 2.75) is 67.9 Å². The molecule has 6 rings (SSSR count). The van der Waals surface area contributed by atoms with Crippen LogP contribution in [-0.2, 0) is 44.4 Å². The second-order valence-electron chi connectivity index (χ2n) is 14.9. The Kier molecular flexibility index (Phi) is 13.7. The molecule has 17 nitrogen and oxygen atoms in total. The van der Waals surface area contributed by atoms with E-state index in [1.807, 2.05) is 34.7 Å². The lowest BCUT2D eigenvalue weighted by molar-refractivity contribution is 0.0270. The molecule has 1 aromatic heterocycles. The second kappa shape index (κ2) is 18.4. The number of aliphatic hydroxyl groups excluding tert-OH is 1. The van der Waals surface area contributed by atoms with E-state index < -0.39 is 53.7 Å². The maximum atomic E-state index is 15.5. The molecule has 0 radical (unpaired) electrons. The number of aliphatic hydroxyl groups is 1. The third kappa shape index (κ3) is 10.5. The van der Waals surface area contributed by atoms with Crippen molar-refractivity contribution in [2.24, 2.45) is 0 Å². The van der Waals surface area contributed by atoms with Crippen LogP contribution < -0.4 is 18.9 Å². The molecule has 2 atom stereocenters. The number of sulfonamides is 2. The van der Waals surface area contributed by atoms with Gasteiger partial charge in [-0.1, -0.05) is 36.4 Å². The van der Waals surface area contributed by atoms with Gasteiger partial charge in [0.1, 0.15) is 32.6 Å². The summed E-state index contributed by atoms with van der Waals surface area (Å²) < 4.78 is 85.6. The van der Waals surface area contributed by atoms with E-state index in [0.717, 1.165) is 5.56 Å². The topological polar surface area (TPSA) is 205 Å². The number of rotatable bonds is 15. The van der Waals surface area contributed by atoms with E-state index in [9.17, 15) is 18.3 Å². The number of carbonyl (C=O) groups is 1. The summed E-state index contributed by atoms with van der Waals surface area (Å²) in [7, 11) is -5.02. The van der Waals surface area contributed by atoms with E-state index >= 15 is 8.42 Å². The van der Waals surface area contributed by atoms with E-state index in [4.69, 9.17) is 18.9 Å². The highest BCUT2D eigenvalue weighted by Gasteiger charge is 2.42. The Morgan fingerprint density at radius 2 is 1.33 bits per heavy atom. The first-order valence-electron chi connectivity index (χ1n) is 18.6. The van der Waals surface area contributed by atoms with Gasteiger partial charge in [0.2, 0.25) is 25.9 Å². The number of tetrazole rings is 1. The van der Waals surface area contributed by atoms with Crippen LogP contribution in [-0.4, -0.2) is 110 Å². The van der Waals surface area contributed by atoms with Gasteiger partial charge in [-0.3, -0.25) is 0 Å². The fourth-order valence-corrected chi connectivity index (χ4v) is 10.9. The number of methoxy groups -OCH3 is 3. The number of amides is 1. The number of carbonyl (C=O) groups excluding carboxylic acids is 1. The second-order valence-corrected chi connectivity index (χ2v) is 19.6. The SMILES string of the molecule is COc1ccc(CN(Cc2ccc(OC)cc2)S(=O)(=O)c2c(S(=O)(=O)N[C@H]3CN(C(=O)OC(C)(C)C)C[C@H]3O)ccc(I)c2-c2nnn(Cc3ccc(OC)cc3)n2)cc1. The van der Waals surface area contributed by atoms with Gasteiger partial charge in [-0.15, -0.1) is 10.2 Å². The Morgan fingerprint density at radius 3 is 1.83 bits per heavy atom. The van der Waals surface area contributed by atoms with Crippen molar-refractivity contribution in [1.29, 1.82) is 0 Å². The van der Waals surface area contributed by atoms with Crippen LogP contribution in [0.2, 0.25) is 0 Å². The Morgan fingerprint density at radius 1 is 0.817 bits per heavy atom. The first-order valence-corrected chi connectivity index (χ1v) is 22.6. The molecule has 1 aliphatic rings. The van der Waals surface area contributed by atoms with Crippen LogP contribution >= 0.6 is 22.6 Å². The maximum absolute atomic E-state index is 15.5. The number of benzene rings is 4. The lowest BCUT2D eigenvalue weighted by Gasteiger charge is -2.26. The third-order valence-electron chi connectivity index (χ3n) is 9.40.